The average Bonchev–Trinajstić information content (AvgIpc) is 2.83. The Labute approximate surface area is 190 Å². The molecule has 3 rings (SSSR count). The molecule has 0 atom stereocenters. The molecule has 3 aromatic rings. The summed E-state index contributed by atoms with van der Waals surface area (Å²) in [5.74, 6) is -0.141. The van der Waals surface area contributed by atoms with Gasteiger partial charge in [-0.3, -0.25) is 4.79 Å². The summed E-state index contributed by atoms with van der Waals surface area (Å²) in [6, 6.07) is 22.5. The van der Waals surface area contributed by atoms with Crippen LogP contribution in [0.4, 0.5) is 5.69 Å². The van der Waals surface area contributed by atoms with Crippen molar-refractivity contribution in [2.24, 2.45) is 0 Å². The summed E-state index contributed by atoms with van der Waals surface area (Å²) < 4.78 is 33.2. The van der Waals surface area contributed by atoms with Crippen LogP contribution >= 0.6 is 0 Å². The molecular formula is C26H29NO4S. The van der Waals surface area contributed by atoms with E-state index in [0.29, 0.717) is 11.4 Å². The van der Waals surface area contributed by atoms with Crippen molar-refractivity contribution in [1.29, 1.82) is 0 Å². The fraction of sp³-hybridized carbons (Fsp3) is 0.269. The Morgan fingerprint density at radius 3 is 2.06 bits per heavy atom. The van der Waals surface area contributed by atoms with Crippen LogP contribution in [0.2, 0.25) is 0 Å². The molecule has 6 heteroatoms. The van der Waals surface area contributed by atoms with Gasteiger partial charge in [-0.1, -0.05) is 62.7 Å². The first-order valence-electron chi connectivity index (χ1n) is 10.9. The molecule has 0 heterocycles. The predicted octanol–water partition coefficient (Wildman–Crippen LogP) is 5.39. The maximum Gasteiger partial charge on any atom is 0.278 e. The van der Waals surface area contributed by atoms with Gasteiger partial charge in [-0.2, -0.15) is 4.31 Å². The molecule has 0 unspecified atom stereocenters. The number of ether oxygens (including phenoxy) is 1. The van der Waals surface area contributed by atoms with Gasteiger partial charge in [0.1, 0.15) is 5.75 Å². The molecule has 0 spiro atoms. The summed E-state index contributed by atoms with van der Waals surface area (Å²) in [6.07, 6.45) is 3.93. The van der Waals surface area contributed by atoms with Crippen molar-refractivity contribution in [2.75, 3.05) is 10.9 Å². The number of unbranched alkanes of at least 4 members (excludes halogenated alkanes) is 1. The molecule has 0 aromatic heterocycles. The Morgan fingerprint density at radius 2 is 1.47 bits per heavy atom. The molecule has 0 N–H and O–H groups in total. The lowest BCUT2D eigenvalue weighted by molar-refractivity contribution is -0.119. The predicted molar refractivity (Wildman–Crippen MR) is 127 cm³/mol. The van der Waals surface area contributed by atoms with Crippen molar-refractivity contribution >= 4 is 21.6 Å². The van der Waals surface area contributed by atoms with E-state index in [2.05, 4.69) is 13.8 Å². The van der Waals surface area contributed by atoms with Gasteiger partial charge in [0, 0.05) is 0 Å². The SMILES string of the molecule is CCCCc1ccc(N(C(=O)COc2ccc(CC)cc2)S(=O)(=O)c2ccccc2)cc1. The van der Waals surface area contributed by atoms with Gasteiger partial charge in [-0.25, -0.2) is 8.42 Å². The fourth-order valence-electron chi connectivity index (χ4n) is 3.32. The van der Waals surface area contributed by atoms with E-state index in [1.165, 1.54) is 12.1 Å². The molecule has 0 aliphatic heterocycles. The lowest BCUT2D eigenvalue weighted by atomic mass is 10.1. The molecule has 0 saturated heterocycles. The summed E-state index contributed by atoms with van der Waals surface area (Å²) in [5.41, 5.74) is 2.55. The number of carbonyl (C=O) groups is 1. The maximum atomic E-state index is 13.4. The molecule has 1 amide bonds. The first-order chi connectivity index (χ1) is 15.5. The monoisotopic (exact) mass is 451 g/mol. The molecular weight excluding hydrogens is 422 g/mol. The van der Waals surface area contributed by atoms with Gasteiger partial charge in [0.25, 0.3) is 15.9 Å². The van der Waals surface area contributed by atoms with Gasteiger partial charge >= 0.3 is 0 Å². The Hall–Kier alpha value is -3.12. The van der Waals surface area contributed by atoms with Gasteiger partial charge in [0.2, 0.25) is 0 Å². The van der Waals surface area contributed by atoms with Crippen LogP contribution in [0.1, 0.15) is 37.8 Å². The summed E-state index contributed by atoms with van der Waals surface area (Å²) in [6.45, 7) is 3.78. The van der Waals surface area contributed by atoms with Gasteiger partial charge in [0.15, 0.2) is 6.61 Å². The summed E-state index contributed by atoms with van der Waals surface area (Å²) >= 11 is 0. The van der Waals surface area contributed by atoms with Crippen LogP contribution in [-0.4, -0.2) is 20.9 Å². The number of hydrogen-bond acceptors (Lipinski definition) is 4. The van der Waals surface area contributed by atoms with Crippen molar-refractivity contribution in [2.45, 2.75) is 44.4 Å². The highest BCUT2D eigenvalue weighted by molar-refractivity contribution is 7.93. The van der Waals surface area contributed by atoms with Crippen LogP contribution in [0.25, 0.3) is 0 Å². The highest BCUT2D eigenvalue weighted by Crippen LogP contribution is 2.25. The Balaban J connectivity index is 1.88. The van der Waals surface area contributed by atoms with E-state index in [4.69, 9.17) is 4.74 Å². The third-order valence-corrected chi connectivity index (χ3v) is 6.95. The summed E-state index contributed by atoms with van der Waals surface area (Å²) in [4.78, 5) is 13.2. The smallest absolute Gasteiger partial charge is 0.278 e. The molecule has 0 fully saturated rings. The van der Waals surface area contributed by atoms with Crippen molar-refractivity contribution in [3.8, 4) is 5.75 Å². The zero-order valence-corrected chi connectivity index (χ0v) is 19.3. The second-order valence-electron chi connectivity index (χ2n) is 7.53. The number of benzene rings is 3. The van der Waals surface area contributed by atoms with E-state index in [1.54, 1.807) is 42.5 Å². The molecule has 0 bridgehead atoms. The zero-order chi connectivity index (χ0) is 23.0. The Kier molecular flexibility index (Phi) is 8.06. The van der Waals surface area contributed by atoms with E-state index in [9.17, 15) is 13.2 Å². The van der Waals surface area contributed by atoms with Crippen LogP contribution in [0.3, 0.4) is 0 Å². The molecule has 0 saturated carbocycles. The molecule has 3 aromatic carbocycles. The molecule has 32 heavy (non-hydrogen) atoms. The number of rotatable bonds is 10. The minimum Gasteiger partial charge on any atom is -0.484 e. The number of anilines is 1. The largest absolute Gasteiger partial charge is 0.484 e. The quantitative estimate of drug-likeness (QED) is 0.414. The number of sulfonamides is 1. The summed E-state index contributed by atoms with van der Waals surface area (Å²) in [7, 11) is -4.09. The number of nitrogens with zero attached hydrogens (tertiary/aromatic N) is 1. The number of aryl methyl sites for hydroxylation is 2. The van der Waals surface area contributed by atoms with Crippen molar-refractivity contribution in [3.05, 3.63) is 90.0 Å². The molecule has 0 aliphatic carbocycles. The van der Waals surface area contributed by atoms with Gasteiger partial charge in [-0.15, -0.1) is 0 Å². The second-order valence-corrected chi connectivity index (χ2v) is 9.32. The standard InChI is InChI=1S/C26H29NO4S/c1-3-5-9-22-12-16-23(17-13-22)27(32(29,30)25-10-7-6-8-11-25)26(28)20-31-24-18-14-21(4-2)15-19-24/h6-8,10-19H,3-5,9,20H2,1-2H3. The average molecular weight is 452 g/mol. The first kappa shape index (κ1) is 23.5. The van der Waals surface area contributed by atoms with Crippen molar-refractivity contribution in [1.82, 2.24) is 0 Å². The van der Waals surface area contributed by atoms with Crippen LogP contribution in [0, 0.1) is 0 Å². The number of carbonyl (C=O) groups excluding carboxylic acids is 1. The van der Waals surface area contributed by atoms with E-state index in [1.807, 2.05) is 24.3 Å². The van der Waals surface area contributed by atoms with E-state index < -0.39 is 22.5 Å². The van der Waals surface area contributed by atoms with E-state index in [0.717, 1.165) is 41.1 Å². The highest BCUT2D eigenvalue weighted by Gasteiger charge is 2.31. The van der Waals surface area contributed by atoms with Crippen LogP contribution < -0.4 is 9.04 Å². The van der Waals surface area contributed by atoms with Crippen LogP contribution in [-0.2, 0) is 27.7 Å². The molecule has 168 valence electrons. The van der Waals surface area contributed by atoms with Gasteiger partial charge in [0.05, 0.1) is 10.6 Å². The van der Waals surface area contributed by atoms with Crippen molar-refractivity contribution < 1.29 is 17.9 Å². The molecule has 5 nitrogen and oxygen atoms in total. The van der Waals surface area contributed by atoms with E-state index in [-0.39, 0.29) is 4.90 Å². The number of amides is 1. The van der Waals surface area contributed by atoms with Gasteiger partial charge < -0.3 is 4.74 Å². The molecule has 0 radical (unpaired) electrons. The normalized spacial score (nSPS) is 11.2. The third kappa shape index (κ3) is 5.77. The topological polar surface area (TPSA) is 63.7 Å². The van der Waals surface area contributed by atoms with Crippen LogP contribution in [0.15, 0.2) is 83.8 Å². The van der Waals surface area contributed by atoms with Crippen LogP contribution in [0.5, 0.6) is 5.75 Å². The summed E-state index contributed by atoms with van der Waals surface area (Å²) in [5, 5.41) is 0. The lowest BCUT2D eigenvalue weighted by Crippen LogP contribution is -2.40. The number of hydrogen-bond donors (Lipinski definition) is 0. The molecule has 0 aliphatic rings. The fourth-order valence-corrected chi connectivity index (χ4v) is 4.75. The third-order valence-electron chi connectivity index (χ3n) is 5.19. The lowest BCUT2D eigenvalue weighted by Gasteiger charge is -2.23. The first-order valence-corrected chi connectivity index (χ1v) is 12.3. The van der Waals surface area contributed by atoms with E-state index >= 15 is 0 Å². The Morgan fingerprint density at radius 1 is 0.844 bits per heavy atom. The van der Waals surface area contributed by atoms with Crippen molar-refractivity contribution in [3.63, 3.8) is 0 Å². The highest BCUT2D eigenvalue weighted by atomic mass is 32.2. The second kappa shape index (κ2) is 11.0. The minimum atomic E-state index is -4.09. The Bertz CT molecular complexity index is 1110. The maximum absolute atomic E-state index is 13.4. The minimum absolute atomic E-state index is 0.0516. The zero-order valence-electron chi connectivity index (χ0n) is 18.5. The van der Waals surface area contributed by atoms with Gasteiger partial charge in [-0.05, 0) is 66.8 Å².